The summed E-state index contributed by atoms with van der Waals surface area (Å²) in [5, 5.41) is 0. The van der Waals surface area contributed by atoms with Gasteiger partial charge in [0.2, 0.25) is 0 Å². The normalized spacial score (nSPS) is 11.1. The van der Waals surface area contributed by atoms with Crippen molar-refractivity contribution in [2.24, 2.45) is 4.99 Å². The van der Waals surface area contributed by atoms with Crippen molar-refractivity contribution in [1.82, 2.24) is 9.80 Å². The molecule has 1 rings (SSSR count). The van der Waals surface area contributed by atoms with Crippen LogP contribution in [0.3, 0.4) is 0 Å². The van der Waals surface area contributed by atoms with Gasteiger partial charge in [0.1, 0.15) is 0 Å². The Kier molecular flexibility index (Phi) is 4.80. The van der Waals surface area contributed by atoms with E-state index in [-0.39, 0.29) is 6.54 Å². The van der Waals surface area contributed by atoms with Crippen molar-refractivity contribution < 1.29 is 13.2 Å². The summed E-state index contributed by atoms with van der Waals surface area (Å²) in [6.45, 7) is 0.218. The standard InChI is InChI=1S/C13H18F3N3/c1-18(2)12(19(3)4)17-9-10-6-5-7-11(8-10)13(14,15)16/h5-8H,9H2,1-4H3. The van der Waals surface area contributed by atoms with Crippen molar-refractivity contribution in [1.29, 1.82) is 0 Å². The highest BCUT2D eigenvalue weighted by atomic mass is 19.4. The Labute approximate surface area is 111 Å². The van der Waals surface area contributed by atoms with Crippen LogP contribution in [0, 0.1) is 0 Å². The molecule has 0 heterocycles. The van der Waals surface area contributed by atoms with Crippen molar-refractivity contribution in [2.45, 2.75) is 12.7 Å². The molecule has 1 aromatic carbocycles. The van der Waals surface area contributed by atoms with Gasteiger partial charge in [0.15, 0.2) is 5.96 Å². The van der Waals surface area contributed by atoms with Crippen LogP contribution in [0.4, 0.5) is 13.2 Å². The highest BCUT2D eigenvalue weighted by Gasteiger charge is 2.30. The molecule has 0 amide bonds. The zero-order valence-electron chi connectivity index (χ0n) is 11.5. The lowest BCUT2D eigenvalue weighted by Gasteiger charge is -2.22. The molecule has 0 aliphatic heterocycles. The van der Waals surface area contributed by atoms with E-state index >= 15 is 0 Å². The Morgan fingerprint density at radius 3 is 2.16 bits per heavy atom. The zero-order chi connectivity index (χ0) is 14.6. The van der Waals surface area contributed by atoms with Crippen LogP contribution in [0.1, 0.15) is 11.1 Å². The lowest BCUT2D eigenvalue weighted by Crippen LogP contribution is -2.35. The minimum absolute atomic E-state index is 0.218. The first-order valence-corrected chi connectivity index (χ1v) is 5.77. The summed E-state index contributed by atoms with van der Waals surface area (Å²) in [5.41, 5.74) is -0.104. The maximum Gasteiger partial charge on any atom is 0.416 e. The molecule has 0 N–H and O–H groups in total. The molecule has 1 aromatic rings. The highest BCUT2D eigenvalue weighted by Crippen LogP contribution is 2.29. The van der Waals surface area contributed by atoms with Gasteiger partial charge in [-0.15, -0.1) is 0 Å². The summed E-state index contributed by atoms with van der Waals surface area (Å²) < 4.78 is 37.7. The number of hydrogen-bond acceptors (Lipinski definition) is 1. The van der Waals surface area contributed by atoms with E-state index in [1.807, 2.05) is 38.0 Å². The van der Waals surface area contributed by atoms with Crippen molar-refractivity contribution in [2.75, 3.05) is 28.2 Å². The molecular formula is C13H18F3N3. The van der Waals surface area contributed by atoms with E-state index in [9.17, 15) is 13.2 Å². The molecule has 106 valence electrons. The van der Waals surface area contributed by atoms with E-state index in [2.05, 4.69) is 4.99 Å². The molecule has 0 saturated carbocycles. The molecular weight excluding hydrogens is 255 g/mol. The van der Waals surface area contributed by atoms with Gasteiger partial charge in [-0.3, -0.25) is 0 Å². The molecule has 0 aliphatic rings. The molecule has 0 fully saturated rings. The second-order valence-corrected chi connectivity index (χ2v) is 4.60. The fourth-order valence-electron chi connectivity index (χ4n) is 1.69. The summed E-state index contributed by atoms with van der Waals surface area (Å²) in [7, 11) is 7.35. The molecule has 0 atom stereocenters. The molecule has 6 heteroatoms. The van der Waals surface area contributed by atoms with E-state index in [0.29, 0.717) is 11.5 Å². The molecule has 0 saturated heterocycles. The number of nitrogens with zero attached hydrogens (tertiary/aromatic N) is 3. The van der Waals surface area contributed by atoms with Gasteiger partial charge in [-0.2, -0.15) is 13.2 Å². The largest absolute Gasteiger partial charge is 0.416 e. The highest BCUT2D eigenvalue weighted by molar-refractivity contribution is 5.79. The topological polar surface area (TPSA) is 18.8 Å². The van der Waals surface area contributed by atoms with Gasteiger partial charge in [0, 0.05) is 28.2 Å². The molecule has 0 aromatic heterocycles. The third-order valence-corrected chi connectivity index (χ3v) is 2.46. The number of aliphatic imine (C=N–C) groups is 1. The van der Waals surface area contributed by atoms with E-state index < -0.39 is 11.7 Å². The fourth-order valence-corrected chi connectivity index (χ4v) is 1.69. The lowest BCUT2D eigenvalue weighted by atomic mass is 10.1. The van der Waals surface area contributed by atoms with Gasteiger partial charge in [0.25, 0.3) is 0 Å². The third-order valence-electron chi connectivity index (χ3n) is 2.46. The van der Waals surface area contributed by atoms with Crippen LogP contribution in [-0.4, -0.2) is 44.0 Å². The smallest absolute Gasteiger partial charge is 0.349 e. The zero-order valence-corrected chi connectivity index (χ0v) is 11.5. The van der Waals surface area contributed by atoms with Crippen molar-refractivity contribution in [3.63, 3.8) is 0 Å². The predicted octanol–water partition coefficient (Wildman–Crippen LogP) is 2.68. The van der Waals surface area contributed by atoms with E-state index in [1.54, 1.807) is 6.07 Å². The van der Waals surface area contributed by atoms with Gasteiger partial charge >= 0.3 is 6.18 Å². The van der Waals surface area contributed by atoms with Crippen molar-refractivity contribution in [3.05, 3.63) is 35.4 Å². The molecule has 0 spiro atoms. The number of rotatable bonds is 2. The summed E-state index contributed by atoms with van der Waals surface area (Å²) in [6, 6.07) is 5.23. The SMILES string of the molecule is CN(C)C(=NCc1cccc(C(F)(F)F)c1)N(C)C. The Hall–Kier alpha value is -1.72. The predicted molar refractivity (Wildman–Crippen MR) is 70.0 cm³/mol. The van der Waals surface area contributed by atoms with Crippen molar-refractivity contribution >= 4 is 5.96 Å². The minimum atomic E-state index is -4.31. The van der Waals surface area contributed by atoms with Gasteiger partial charge in [-0.05, 0) is 17.7 Å². The van der Waals surface area contributed by atoms with E-state index in [1.165, 1.54) is 6.07 Å². The van der Waals surface area contributed by atoms with Gasteiger partial charge in [-0.25, -0.2) is 4.99 Å². The van der Waals surface area contributed by atoms with Crippen LogP contribution in [0.2, 0.25) is 0 Å². The Morgan fingerprint density at radius 1 is 1.11 bits per heavy atom. The summed E-state index contributed by atoms with van der Waals surface area (Å²) in [6.07, 6.45) is -4.31. The van der Waals surface area contributed by atoms with Crippen LogP contribution in [0.15, 0.2) is 29.3 Å². The van der Waals surface area contributed by atoms with Crippen LogP contribution >= 0.6 is 0 Å². The Morgan fingerprint density at radius 2 is 1.68 bits per heavy atom. The minimum Gasteiger partial charge on any atom is -0.349 e. The quantitative estimate of drug-likeness (QED) is 0.609. The maximum atomic E-state index is 12.6. The average Bonchev–Trinajstić information content (AvgIpc) is 2.27. The maximum absolute atomic E-state index is 12.6. The number of halogens is 3. The van der Waals surface area contributed by atoms with Crippen LogP contribution in [0.5, 0.6) is 0 Å². The number of alkyl halides is 3. The Balaban J connectivity index is 2.91. The number of benzene rings is 1. The molecule has 0 aliphatic carbocycles. The first-order chi connectivity index (χ1) is 8.71. The van der Waals surface area contributed by atoms with Crippen LogP contribution in [-0.2, 0) is 12.7 Å². The second kappa shape index (κ2) is 5.95. The van der Waals surface area contributed by atoms with E-state index in [4.69, 9.17) is 0 Å². The van der Waals surface area contributed by atoms with Crippen LogP contribution < -0.4 is 0 Å². The molecule has 0 bridgehead atoms. The average molecular weight is 273 g/mol. The monoisotopic (exact) mass is 273 g/mol. The molecule has 0 unspecified atom stereocenters. The van der Waals surface area contributed by atoms with Gasteiger partial charge in [-0.1, -0.05) is 12.1 Å². The van der Waals surface area contributed by atoms with Crippen molar-refractivity contribution in [3.8, 4) is 0 Å². The Bertz CT molecular complexity index is 441. The lowest BCUT2D eigenvalue weighted by molar-refractivity contribution is -0.137. The summed E-state index contributed by atoms with van der Waals surface area (Å²) >= 11 is 0. The summed E-state index contributed by atoms with van der Waals surface area (Å²) in [5.74, 6) is 0.706. The van der Waals surface area contributed by atoms with E-state index in [0.717, 1.165) is 12.1 Å². The first kappa shape index (κ1) is 15.3. The molecule has 19 heavy (non-hydrogen) atoms. The number of guanidine groups is 1. The molecule has 3 nitrogen and oxygen atoms in total. The second-order valence-electron chi connectivity index (χ2n) is 4.60. The summed E-state index contributed by atoms with van der Waals surface area (Å²) in [4.78, 5) is 7.94. The van der Waals surface area contributed by atoms with Crippen LogP contribution in [0.25, 0.3) is 0 Å². The van der Waals surface area contributed by atoms with Gasteiger partial charge < -0.3 is 9.80 Å². The third kappa shape index (κ3) is 4.46. The fraction of sp³-hybridized carbons (Fsp3) is 0.462. The first-order valence-electron chi connectivity index (χ1n) is 5.77. The molecule has 0 radical (unpaired) electrons. The van der Waals surface area contributed by atoms with Gasteiger partial charge in [0.05, 0.1) is 12.1 Å². The number of hydrogen-bond donors (Lipinski definition) is 0.